The molecule has 1 saturated heterocycles. The molecule has 2 heterocycles. The van der Waals surface area contributed by atoms with Crippen LogP contribution in [0.1, 0.15) is 25.5 Å². The van der Waals surface area contributed by atoms with E-state index in [0.29, 0.717) is 25.5 Å². The summed E-state index contributed by atoms with van der Waals surface area (Å²) >= 11 is 0. The van der Waals surface area contributed by atoms with Crippen molar-refractivity contribution in [3.63, 3.8) is 0 Å². The van der Waals surface area contributed by atoms with Gasteiger partial charge < -0.3 is 29.7 Å². The quantitative estimate of drug-likeness (QED) is 0.651. The Morgan fingerprint density at radius 3 is 2.52 bits per heavy atom. The molecule has 3 N–H and O–H groups in total. The first kappa shape index (κ1) is 21.3. The molecule has 0 aliphatic carbocycles. The zero-order valence-corrected chi connectivity index (χ0v) is 18.3. The minimum atomic E-state index is -0.0784. The number of nitrogens with one attached hydrogen (secondary N) is 2. The Morgan fingerprint density at radius 2 is 1.81 bits per heavy atom. The lowest BCUT2D eigenvalue weighted by Crippen LogP contribution is -3.16. The number of aromatic hydroxyl groups is 1. The lowest BCUT2D eigenvalue weighted by Gasteiger charge is -2.34. The van der Waals surface area contributed by atoms with Gasteiger partial charge in [0.15, 0.2) is 18.0 Å². The van der Waals surface area contributed by atoms with Gasteiger partial charge in [-0.1, -0.05) is 32.0 Å². The van der Waals surface area contributed by atoms with E-state index in [1.54, 1.807) is 6.07 Å². The topological polar surface area (TPSA) is 75.5 Å². The summed E-state index contributed by atoms with van der Waals surface area (Å²) in [5.41, 5.74) is 1.90. The van der Waals surface area contributed by atoms with Crippen LogP contribution in [-0.2, 0) is 4.79 Å². The maximum Gasteiger partial charge on any atom is 0.275 e. The summed E-state index contributed by atoms with van der Waals surface area (Å²) in [6.45, 7) is 9.13. The highest BCUT2D eigenvalue weighted by Crippen LogP contribution is 2.34. The second-order valence-corrected chi connectivity index (χ2v) is 8.59. The molecule has 0 bridgehead atoms. The van der Waals surface area contributed by atoms with Crippen molar-refractivity contribution in [1.82, 2.24) is 5.32 Å². The molecule has 0 saturated carbocycles. The van der Waals surface area contributed by atoms with Gasteiger partial charge in [0.25, 0.3) is 5.91 Å². The van der Waals surface area contributed by atoms with Crippen LogP contribution < -0.4 is 24.6 Å². The van der Waals surface area contributed by atoms with Crippen LogP contribution >= 0.6 is 0 Å². The average molecular weight is 427 g/mol. The number of piperazine rings is 1. The maximum atomic E-state index is 12.9. The van der Waals surface area contributed by atoms with E-state index in [0.717, 1.165) is 48.9 Å². The normalized spacial score (nSPS) is 17.5. The third-order valence-corrected chi connectivity index (χ3v) is 6.01. The number of phenols is 1. The van der Waals surface area contributed by atoms with E-state index in [4.69, 9.17) is 9.47 Å². The van der Waals surface area contributed by atoms with Crippen molar-refractivity contribution in [2.24, 2.45) is 5.92 Å². The number of carbonyl (C=O) groups excluding carboxylic acids is 1. The molecule has 7 heteroatoms. The van der Waals surface area contributed by atoms with E-state index in [2.05, 4.69) is 24.1 Å². The molecule has 2 aromatic rings. The van der Waals surface area contributed by atoms with Crippen molar-refractivity contribution in [2.75, 3.05) is 50.8 Å². The molecule has 7 nitrogen and oxygen atoms in total. The monoisotopic (exact) mass is 426 g/mol. The number of benzene rings is 2. The Labute approximate surface area is 183 Å². The number of anilines is 1. The van der Waals surface area contributed by atoms with Crippen molar-refractivity contribution < 1.29 is 24.3 Å². The average Bonchev–Trinajstić information content (AvgIpc) is 2.78. The number of hydrogen-bond acceptors (Lipinski definition) is 5. The van der Waals surface area contributed by atoms with Gasteiger partial charge in [-0.3, -0.25) is 4.79 Å². The van der Waals surface area contributed by atoms with E-state index < -0.39 is 0 Å². The Bertz CT molecular complexity index is 909. The van der Waals surface area contributed by atoms with Gasteiger partial charge in [-0.2, -0.15) is 0 Å². The summed E-state index contributed by atoms with van der Waals surface area (Å²) in [6.07, 6.45) is 0. The van der Waals surface area contributed by atoms with Crippen molar-refractivity contribution in [2.45, 2.75) is 19.9 Å². The highest BCUT2D eigenvalue weighted by atomic mass is 16.6. The Morgan fingerprint density at radius 1 is 1.10 bits per heavy atom. The molecular formula is C24H32N3O4+. The lowest BCUT2D eigenvalue weighted by atomic mass is 9.95. The number of amides is 1. The Hall–Kier alpha value is -2.93. The number of hydrogen-bond donors (Lipinski definition) is 3. The van der Waals surface area contributed by atoms with Crippen molar-refractivity contribution in [1.29, 1.82) is 0 Å². The third kappa shape index (κ3) is 5.05. The standard InChI is InChI=1S/C24H31N3O4/c1-17(2)24(18-7-8-21-22(15-18)31-14-13-30-21)25-23(29)16-26-9-11-27(12-10-26)19-5-3-4-6-20(19)28/h3-8,15,17,24,28H,9-14,16H2,1-2H3,(H,25,29)/p+1/t24-/m0/s1. The van der Waals surface area contributed by atoms with Crippen LogP contribution in [0.3, 0.4) is 0 Å². The first-order valence-corrected chi connectivity index (χ1v) is 11.1. The molecule has 1 amide bonds. The smallest absolute Gasteiger partial charge is 0.275 e. The number of para-hydroxylation sites is 2. The van der Waals surface area contributed by atoms with Gasteiger partial charge in [-0.05, 0) is 35.7 Å². The van der Waals surface area contributed by atoms with Crippen LogP contribution in [0.25, 0.3) is 0 Å². The van der Waals surface area contributed by atoms with Crippen LogP contribution in [0.2, 0.25) is 0 Å². The number of nitrogens with zero attached hydrogens (tertiary/aromatic N) is 1. The number of quaternary nitrogens is 1. The Balaban J connectivity index is 1.33. The first-order chi connectivity index (χ1) is 15.0. The molecule has 0 spiro atoms. The van der Waals surface area contributed by atoms with Gasteiger partial charge in [0.2, 0.25) is 0 Å². The SMILES string of the molecule is CC(C)[C@H](NC(=O)C[NH+]1CCN(c2ccccc2O)CC1)c1ccc2c(c1)OCCO2. The van der Waals surface area contributed by atoms with Crippen LogP contribution in [0.15, 0.2) is 42.5 Å². The van der Waals surface area contributed by atoms with E-state index >= 15 is 0 Å². The highest BCUT2D eigenvalue weighted by Gasteiger charge is 2.26. The van der Waals surface area contributed by atoms with Gasteiger partial charge in [0.1, 0.15) is 19.0 Å². The van der Waals surface area contributed by atoms with Crippen LogP contribution in [0.4, 0.5) is 5.69 Å². The van der Waals surface area contributed by atoms with Crippen molar-refractivity contribution in [3.05, 3.63) is 48.0 Å². The predicted octanol–water partition coefficient (Wildman–Crippen LogP) is 1.38. The molecule has 0 unspecified atom stereocenters. The maximum absolute atomic E-state index is 12.9. The molecule has 2 aliphatic rings. The molecular weight excluding hydrogens is 394 g/mol. The van der Waals surface area contributed by atoms with Gasteiger partial charge in [-0.25, -0.2) is 0 Å². The second kappa shape index (κ2) is 9.47. The van der Waals surface area contributed by atoms with E-state index in [1.165, 1.54) is 4.90 Å². The molecule has 1 atom stereocenters. The summed E-state index contributed by atoms with van der Waals surface area (Å²) in [7, 11) is 0. The third-order valence-electron chi connectivity index (χ3n) is 6.01. The molecule has 4 rings (SSSR count). The summed E-state index contributed by atoms with van der Waals surface area (Å²) in [5.74, 6) is 2.12. The fourth-order valence-electron chi connectivity index (χ4n) is 4.31. The molecule has 2 aliphatic heterocycles. The summed E-state index contributed by atoms with van der Waals surface area (Å²) in [4.78, 5) is 16.3. The second-order valence-electron chi connectivity index (χ2n) is 8.59. The van der Waals surface area contributed by atoms with Crippen LogP contribution in [0.5, 0.6) is 17.2 Å². The number of phenolic OH excluding ortho intramolecular Hbond substituents is 1. The fraction of sp³-hybridized carbons (Fsp3) is 0.458. The first-order valence-electron chi connectivity index (χ1n) is 11.1. The summed E-state index contributed by atoms with van der Waals surface area (Å²) in [5, 5.41) is 13.3. The molecule has 0 radical (unpaired) electrons. The zero-order valence-electron chi connectivity index (χ0n) is 18.3. The van der Waals surface area contributed by atoms with Gasteiger partial charge in [0, 0.05) is 0 Å². The summed E-state index contributed by atoms with van der Waals surface area (Å²) < 4.78 is 11.3. The van der Waals surface area contributed by atoms with E-state index in [9.17, 15) is 9.90 Å². The van der Waals surface area contributed by atoms with Crippen LogP contribution in [0, 0.1) is 5.92 Å². The molecule has 0 aromatic heterocycles. The molecule has 1 fully saturated rings. The molecule has 31 heavy (non-hydrogen) atoms. The molecule has 166 valence electrons. The largest absolute Gasteiger partial charge is 0.506 e. The van der Waals surface area contributed by atoms with Crippen LogP contribution in [-0.4, -0.2) is 57.0 Å². The number of fused-ring (bicyclic) bond motifs is 1. The number of carbonyl (C=O) groups is 1. The van der Waals surface area contributed by atoms with Gasteiger partial charge in [0.05, 0.1) is 37.9 Å². The summed E-state index contributed by atoms with van der Waals surface area (Å²) in [6, 6.07) is 13.3. The van der Waals surface area contributed by atoms with Crippen molar-refractivity contribution in [3.8, 4) is 17.2 Å². The van der Waals surface area contributed by atoms with E-state index in [1.807, 2.05) is 36.4 Å². The minimum absolute atomic E-state index is 0.0552. The van der Waals surface area contributed by atoms with Crippen molar-refractivity contribution >= 4 is 11.6 Å². The molecule has 2 aromatic carbocycles. The Kier molecular flexibility index (Phi) is 6.51. The van der Waals surface area contributed by atoms with E-state index in [-0.39, 0.29) is 17.9 Å². The zero-order chi connectivity index (χ0) is 21.8. The minimum Gasteiger partial charge on any atom is -0.506 e. The fourth-order valence-corrected chi connectivity index (χ4v) is 4.31. The van der Waals surface area contributed by atoms with Gasteiger partial charge >= 0.3 is 0 Å². The predicted molar refractivity (Wildman–Crippen MR) is 119 cm³/mol. The highest BCUT2D eigenvalue weighted by molar-refractivity contribution is 5.77. The van der Waals surface area contributed by atoms with Gasteiger partial charge in [-0.15, -0.1) is 0 Å². The lowest BCUT2D eigenvalue weighted by molar-refractivity contribution is -0.892. The number of ether oxygens (including phenoxy) is 2. The number of rotatable bonds is 6.